The van der Waals surface area contributed by atoms with Crippen LogP contribution in [0.15, 0.2) is 48.5 Å². The largest absolute Gasteiger partial charge is 0.399 e. The van der Waals surface area contributed by atoms with Gasteiger partial charge in [0.1, 0.15) is 0 Å². The van der Waals surface area contributed by atoms with Crippen LogP contribution in [0.5, 0.6) is 0 Å². The highest BCUT2D eigenvalue weighted by Crippen LogP contribution is 2.11. The van der Waals surface area contributed by atoms with E-state index in [-0.39, 0.29) is 5.78 Å². The van der Waals surface area contributed by atoms with E-state index < -0.39 is 0 Å². The quantitative estimate of drug-likeness (QED) is 0.656. The minimum atomic E-state index is 0.190. The molecule has 2 aromatic carbocycles. The molecule has 0 bridgehead atoms. The van der Waals surface area contributed by atoms with E-state index in [0.29, 0.717) is 6.42 Å². The Morgan fingerprint density at radius 1 is 1.11 bits per heavy atom. The number of Topliss-reactive ketones (excluding diaryl/α,β-unsaturated/α-hetero) is 1. The van der Waals surface area contributed by atoms with Crippen LogP contribution < -0.4 is 5.73 Å². The number of nitrogen functional groups attached to an aromatic ring is 1. The lowest BCUT2D eigenvalue weighted by Crippen LogP contribution is -2.01. The van der Waals surface area contributed by atoms with Gasteiger partial charge in [0, 0.05) is 17.7 Å². The van der Waals surface area contributed by atoms with E-state index in [9.17, 15) is 4.79 Å². The molecule has 0 aromatic heterocycles. The molecule has 0 radical (unpaired) electrons. The fourth-order valence-electron chi connectivity index (χ4n) is 1.91. The first-order valence-electron chi connectivity index (χ1n) is 6.09. The summed E-state index contributed by atoms with van der Waals surface area (Å²) in [5.41, 5.74) is 9.44. The molecule has 2 N–H and O–H groups in total. The zero-order chi connectivity index (χ0) is 13.0. The van der Waals surface area contributed by atoms with Crippen LogP contribution in [0.4, 0.5) is 5.69 Å². The average Bonchev–Trinajstić information content (AvgIpc) is 2.38. The number of hydrogen-bond donors (Lipinski definition) is 1. The van der Waals surface area contributed by atoms with Gasteiger partial charge in [0.25, 0.3) is 0 Å². The normalized spacial score (nSPS) is 10.3. The summed E-state index contributed by atoms with van der Waals surface area (Å²) in [7, 11) is 0. The summed E-state index contributed by atoms with van der Waals surface area (Å²) in [6.07, 6.45) is 1.29. The summed E-state index contributed by atoms with van der Waals surface area (Å²) in [5.74, 6) is 0.190. The molecule has 0 aliphatic heterocycles. The number of ketones is 1. The molecule has 0 aliphatic carbocycles. The number of nitrogens with two attached hydrogens (primary N) is 1. The maximum atomic E-state index is 12.0. The lowest BCUT2D eigenvalue weighted by molar-refractivity contribution is 0.0983. The molecule has 92 valence electrons. The summed E-state index contributed by atoms with van der Waals surface area (Å²) >= 11 is 0. The Morgan fingerprint density at radius 3 is 2.50 bits per heavy atom. The Morgan fingerprint density at radius 2 is 1.83 bits per heavy atom. The molecule has 2 rings (SSSR count). The molecular weight excluding hydrogens is 222 g/mol. The molecule has 2 nitrogen and oxygen atoms in total. The molecule has 0 spiro atoms. The van der Waals surface area contributed by atoms with Crippen molar-refractivity contribution >= 4 is 11.5 Å². The average molecular weight is 239 g/mol. The van der Waals surface area contributed by atoms with Crippen molar-refractivity contribution in [2.24, 2.45) is 0 Å². The Hall–Kier alpha value is -2.09. The van der Waals surface area contributed by atoms with Gasteiger partial charge in [-0.15, -0.1) is 0 Å². The Kier molecular flexibility index (Phi) is 3.78. The van der Waals surface area contributed by atoms with Crippen molar-refractivity contribution in [2.75, 3.05) is 5.73 Å². The first-order chi connectivity index (χ1) is 8.65. The van der Waals surface area contributed by atoms with Gasteiger partial charge in [-0.05, 0) is 37.1 Å². The van der Waals surface area contributed by atoms with Gasteiger partial charge < -0.3 is 5.73 Å². The summed E-state index contributed by atoms with van der Waals surface area (Å²) in [5, 5.41) is 0. The molecule has 0 fully saturated rings. The predicted octanol–water partition coefficient (Wildman–Crippen LogP) is 3.39. The van der Waals surface area contributed by atoms with Crippen LogP contribution in [-0.4, -0.2) is 5.78 Å². The maximum absolute atomic E-state index is 12.0. The van der Waals surface area contributed by atoms with E-state index in [1.165, 1.54) is 0 Å². The van der Waals surface area contributed by atoms with E-state index >= 15 is 0 Å². The van der Waals surface area contributed by atoms with Crippen molar-refractivity contribution in [3.8, 4) is 0 Å². The second kappa shape index (κ2) is 5.50. The van der Waals surface area contributed by atoms with Gasteiger partial charge >= 0.3 is 0 Å². The number of hydrogen-bond acceptors (Lipinski definition) is 2. The fraction of sp³-hybridized carbons (Fsp3) is 0.188. The first kappa shape index (κ1) is 12.4. The highest BCUT2D eigenvalue weighted by molar-refractivity contribution is 5.96. The van der Waals surface area contributed by atoms with Crippen LogP contribution in [0.1, 0.15) is 27.9 Å². The zero-order valence-electron chi connectivity index (χ0n) is 10.5. The van der Waals surface area contributed by atoms with Crippen LogP contribution >= 0.6 is 0 Å². The molecule has 0 unspecified atom stereocenters. The Bertz CT molecular complexity index is 543. The molecule has 0 amide bonds. The number of carbonyl (C=O) groups is 1. The molecule has 0 heterocycles. The Labute approximate surface area is 107 Å². The molecule has 0 atom stereocenters. The summed E-state index contributed by atoms with van der Waals surface area (Å²) in [6, 6.07) is 15.4. The smallest absolute Gasteiger partial charge is 0.163 e. The number of benzene rings is 2. The predicted molar refractivity (Wildman–Crippen MR) is 74.7 cm³/mol. The third-order valence-electron chi connectivity index (χ3n) is 2.96. The number of anilines is 1. The lowest BCUT2D eigenvalue weighted by Gasteiger charge is -2.03. The third-order valence-corrected chi connectivity index (χ3v) is 2.96. The molecule has 0 saturated carbocycles. The fourth-order valence-corrected chi connectivity index (χ4v) is 1.91. The van der Waals surface area contributed by atoms with E-state index in [0.717, 1.165) is 28.8 Å². The van der Waals surface area contributed by atoms with E-state index in [2.05, 4.69) is 0 Å². The van der Waals surface area contributed by atoms with Crippen molar-refractivity contribution in [3.63, 3.8) is 0 Å². The van der Waals surface area contributed by atoms with Crippen molar-refractivity contribution in [1.82, 2.24) is 0 Å². The molecule has 18 heavy (non-hydrogen) atoms. The second-order valence-corrected chi connectivity index (χ2v) is 4.53. The van der Waals surface area contributed by atoms with Crippen LogP contribution in [0.2, 0.25) is 0 Å². The Balaban J connectivity index is 1.98. The molecule has 2 heteroatoms. The standard InChI is InChI=1S/C16H17NO/c1-12-3-2-4-14(11-12)16(18)10-7-13-5-8-15(17)9-6-13/h2-6,8-9,11H,7,10,17H2,1H3. The van der Waals surface area contributed by atoms with Crippen LogP contribution in [0.25, 0.3) is 0 Å². The van der Waals surface area contributed by atoms with Gasteiger partial charge in [0.15, 0.2) is 5.78 Å². The third kappa shape index (κ3) is 3.20. The SMILES string of the molecule is Cc1cccc(C(=O)CCc2ccc(N)cc2)c1. The van der Waals surface area contributed by atoms with Gasteiger partial charge in [0.05, 0.1) is 0 Å². The number of rotatable bonds is 4. The van der Waals surface area contributed by atoms with Crippen molar-refractivity contribution in [1.29, 1.82) is 0 Å². The van der Waals surface area contributed by atoms with Crippen LogP contribution in [-0.2, 0) is 6.42 Å². The van der Waals surface area contributed by atoms with E-state index in [1.54, 1.807) is 0 Å². The van der Waals surface area contributed by atoms with Crippen LogP contribution in [0, 0.1) is 6.92 Å². The second-order valence-electron chi connectivity index (χ2n) is 4.53. The summed E-state index contributed by atoms with van der Waals surface area (Å²) in [4.78, 5) is 12.0. The van der Waals surface area contributed by atoms with Crippen molar-refractivity contribution in [3.05, 3.63) is 65.2 Å². The van der Waals surface area contributed by atoms with Crippen molar-refractivity contribution < 1.29 is 4.79 Å². The van der Waals surface area contributed by atoms with Crippen LogP contribution in [0.3, 0.4) is 0 Å². The van der Waals surface area contributed by atoms with Gasteiger partial charge in [-0.25, -0.2) is 0 Å². The van der Waals surface area contributed by atoms with Gasteiger partial charge in [-0.2, -0.15) is 0 Å². The number of carbonyl (C=O) groups excluding carboxylic acids is 1. The highest BCUT2D eigenvalue weighted by Gasteiger charge is 2.06. The zero-order valence-corrected chi connectivity index (χ0v) is 10.5. The maximum Gasteiger partial charge on any atom is 0.163 e. The molecular formula is C16H17NO. The minimum Gasteiger partial charge on any atom is -0.399 e. The lowest BCUT2D eigenvalue weighted by atomic mass is 10.0. The molecule has 2 aromatic rings. The van der Waals surface area contributed by atoms with E-state index in [1.807, 2.05) is 55.5 Å². The number of aryl methyl sites for hydroxylation is 2. The minimum absolute atomic E-state index is 0.190. The summed E-state index contributed by atoms with van der Waals surface area (Å²) in [6.45, 7) is 2.00. The van der Waals surface area contributed by atoms with Crippen molar-refractivity contribution in [2.45, 2.75) is 19.8 Å². The van der Waals surface area contributed by atoms with Gasteiger partial charge in [-0.1, -0.05) is 35.9 Å². The summed E-state index contributed by atoms with van der Waals surface area (Å²) < 4.78 is 0. The monoisotopic (exact) mass is 239 g/mol. The topological polar surface area (TPSA) is 43.1 Å². The molecule has 0 saturated heterocycles. The first-order valence-corrected chi connectivity index (χ1v) is 6.09. The highest BCUT2D eigenvalue weighted by atomic mass is 16.1. The van der Waals surface area contributed by atoms with E-state index in [4.69, 9.17) is 5.73 Å². The molecule has 0 aliphatic rings. The van der Waals surface area contributed by atoms with Gasteiger partial charge in [-0.3, -0.25) is 4.79 Å². The van der Waals surface area contributed by atoms with Gasteiger partial charge in [0.2, 0.25) is 0 Å².